The van der Waals surface area contributed by atoms with Gasteiger partial charge >= 0.3 is 0 Å². The topological polar surface area (TPSA) is 29.5 Å². The molecule has 1 aromatic rings. The summed E-state index contributed by atoms with van der Waals surface area (Å²) in [4.78, 5) is 0. The van der Waals surface area contributed by atoms with E-state index in [9.17, 15) is 5.11 Å². The molecule has 2 rings (SSSR count). The zero-order valence-corrected chi connectivity index (χ0v) is 10.5. The van der Waals surface area contributed by atoms with Crippen LogP contribution in [0, 0.1) is 0 Å². The van der Waals surface area contributed by atoms with E-state index < -0.39 is 5.60 Å². The van der Waals surface area contributed by atoms with Crippen LogP contribution < -0.4 is 4.74 Å². The maximum atomic E-state index is 10.2. The van der Waals surface area contributed by atoms with Crippen LogP contribution >= 0.6 is 0 Å². The molecular formula is C14H20O2. The van der Waals surface area contributed by atoms with Crippen molar-refractivity contribution in [1.82, 2.24) is 0 Å². The molecule has 0 amide bonds. The van der Waals surface area contributed by atoms with Crippen LogP contribution in [0.1, 0.15) is 44.7 Å². The maximum absolute atomic E-state index is 10.2. The van der Waals surface area contributed by atoms with Gasteiger partial charge in [-0.15, -0.1) is 0 Å². The van der Waals surface area contributed by atoms with Gasteiger partial charge in [-0.25, -0.2) is 0 Å². The lowest BCUT2D eigenvalue weighted by atomic mass is 9.85. The van der Waals surface area contributed by atoms with E-state index in [1.807, 2.05) is 6.07 Å². The van der Waals surface area contributed by atoms with E-state index >= 15 is 0 Å². The first-order chi connectivity index (χ1) is 7.37. The molecule has 2 nitrogen and oxygen atoms in total. The Labute approximate surface area is 97.3 Å². The van der Waals surface area contributed by atoms with Gasteiger partial charge in [-0.1, -0.05) is 26.8 Å². The normalized spacial score (nSPS) is 18.3. The smallest absolute Gasteiger partial charge is 0.124 e. The first-order valence-corrected chi connectivity index (χ1v) is 5.78. The van der Waals surface area contributed by atoms with Gasteiger partial charge in [0.1, 0.15) is 5.75 Å². The molecule has 0 aliphatic heterocycles. The van der Waals surface area contributed by atoms with Gasteiger partial charge < -0.3 is 9.84 Å². The molecule has 1 N–H and O–H groups in total. The maximum Gasteiger partial charge on any atom is 0.124 e. The number of benzene rings is 1. The molecule has 16 heavy (non-hydrogen) atoms. The molecular weight excluding hydrogens is 200 g/mol. The highest BCUT2D eigenvalue weighted by atomic mass is 16.5. The van der Waals surface area contributed by atoms with Crippen molar-refractivity contribution in [3.8, 4) is 5.75 Å². The number of aliphatic hydroxyl groups is 1. The summed E-state index contributed by atoms with van der Waals surface area (Å²) in [6.07, 6.45) is 1.69. The molecule has 0 unspecified atom stereocenters. The lowest BCUT2D eigenvalue weighted by Crippen LogP contribution is -2.14. The van der Waals surface area contributed by atoms with E-state index in [2.05, 4.69) is 32.9 Å². The molecule has 2 heteroatoms. The predicted octanol–water partition coefficient (Wildman–Crippen LogP) is 2.97. The van der Waals surface area contributed by atoms with Gasteiger partial charge in [-0.05, 0) is 36.0 Å². The number of ether oxygens (including phenoxy) is 1. The van der Waals surface area contributed by atoms with Crippen LogP contribution in [0.4, 0.5) is 0 Å². The van der Waals surface area contributed by atoms with Crippen molar-refractivity contribution in [3.05, 3.63) is 29.3 Å². The second-order valence-corrected chi connectivity index (χ2v) is 5.70. The van der Waals surface area contributed by atoms with Crippen LogP contribution in [0.25, 0.3) is 0 Å². The van der Waals surface area contributed by atoms with Crippen molar-refractivity contribution in [1.29, 1.82) is 0 Å². The molecule has 0 bridgehead atoms. The van der Waals surface area contributed by atoms with Crippen molar-refractivity contribution < 1.29 is 9.84 Å². The Hall–Kier alpha value is -1.02. The Kier molecular flexibility index (Phi) is 2.50. The van der Waals surface area contributed by atoms with Crippen LogP contribution in [-0.4, -0.2) is 12.2 Å². The number of rotatable bonds is 2. The summed E-state index contributed by atoms with van der Waals surface area (Å²) in [5.74, 6) is 0.799. The molecule has 1 saturated carbocycles. The quantitative estimate of drug-likeness (QED) is 0.830. The van der Waals surface area contributed by atoms with Crippen molar-refractivity contribution in [2.45, 2.75) is 44.6 Å². The molecule has 88 valence electrons. The largest absolute Gasteiger partial charge is 0.496 e. The molecule has 0 aromatic heterocycles. The Morgan fingerprint density at radius 1 is 1.25 bits per heavy atom. The minimum absolute atomic E-state index is 0.103. The van der Waals surface area contributed by atoms with Gasteiger partial charge in [0, 0.05) is 5.56 Å². The average Bonchev–Trinajstić information content (AvgIpc) is 2.95. The first-order valence-electron chi connectivity index (χ1n) is 5.78. The molecule has 1 aliphatic rings. The molecule has 0 heterocycles. The summed E-state index contributed by atoms with van der Waals surface area (Å²) in [7, 11) is 1.65. The summed E-state index contributed by atoms with van der Waals surface area (Å²) < 4.78 is 5.32. The summed E-state index contributed by atoms with van der Waals surface area (Å²) in [6.45, 7) is 6.53. The Morgan fingerprint density at radius 2 is 1.88 bits per heavy atom. The Bertz CT molecular complexity index is 398. The number of hydrogen-bond acceptors (Lipinski definition) is 2. The van der Waals surface area contributed by atoms with Crippen molar-refractivity contribution in [2.24, 2.45) is 0 Å². The molecule has 0 saturated heterocycles. The Balaban J connectivity index is 2.48. The van der Waals surface area contributed by atoms with E-state index in [0.29, 0.717) is 0 Å². The van der Waals surface area contributed by atoms with Crippen LogP contribution in [0.5, 0.6) is 5.75 Å². The van der Waals surface area contributed by atoms with E-state index in [-0.39, 0.29) is 5.41 Å². The van der Waals surface area contributed by atoms with Crippen LogP contribution in [0.15, 0.2) is 18.2 Å². The number of methoxy groups -OCH3 is 1. The summed E-state index contributed by atoms with van der Waals surface area (Å²) in [5.41, 5.74) is 1.66. The summed E-state index contributed by atoms with van der Waals surface area (Å²) in [6, 6.07) is 6.13. The van der Waals surface area contributed by atoms with E-state index in [1.54, 1.807) is 7.11 Å². The standard InChI is InChI=1S/C14H20O2/c1-13(2,3)10-5-6-12(16-4)11(9-10)14(15)7-8-14/h5-6,9,15H,7-8H2,1-4H3. The van der Waals surface area contributed by atoms with Gasteiger partial charge in [-0.2, -0.15) is 0 Å². The fourth-order valence-corrected chi connectivity index (χ4v) is 1.93. The molecule has 0 radical (unpaired) electrons. The van der Waals surface area contributed by atoms with Crippen LogP contribution in [0.2, 0.25) is 0 Å². The highest BCUT2D eigenvalue weighted by Crippen LogP contribution is 2.49. The van der Waals surface area contributed by atoms with Gasteiger partial charge in [-0.3, -0.25) is 0 Å². The summed E-state index contributed by atoms with van der Waals surface area (Å²) >= 11 is 0. The lowest BCUT2D eigenvalue weighted by Gasteiger charge is -2.22. The molecule has 1 fully saturated rings. The third-order valence-corrected chi connectivity index (χ3v) is 3.29. The van der Waals surface area contributed by atoms with Gasteiger partial charge in [0.2, 0.25) is 0 Å². The minimum atomic E-state index is -0.632. The summed E-state index contributed by atoms with van der Waals surface area (Å²) in [5, 5.41) is 10.2. The SMILES string of the molecule is COc1ccc(C(C)(C)C)cc1C1(O)CC1. The van der Waals surface area contributed by atoms with E-state index in [0.717, 1.165) is 24.2 Å². The van der Waals surface area contributed by atoms with Crippen LogP contribution in [-0.2, 0) is 11.0 Å². The lowest BCUT2D eigenvalue weighted by molar-refractivity contribution is 0.147. The average molecular weight is 220 g/mol. The fourth-order valence-electron chi connectivity index (χ4n) is 1.93. The van der Waals surface area contributed by atoms with Gasteiger partial charge in [0.05, 0.1) is 12.7 Å². The highest BCUT2D eigenvalue weighted by Gasteiger charge is 2.44. The fraction of sp³-hybridized carbons (Fsp3) is 0.571. The molecule has 1 aromatic carbocycles. The Morgan fingerprint density at radius 3 is 2.31 bits per heavy atom. The third kappa shape index (κ3) is 1.94. The second kappa shape index (κ2) is 3.49. The second-order valence-electron chi connectivity index (χ2n) is 5.70. The van der Waals surface area contributed by atoms with Crippen LogP contribution in [0.3, 0.4) is 0 Å². The predicted molar refractivity (Wildman–Crippen MR) is 64.8 cm³/mol. The van der Waals surface area contributed by atoms with Crippen molar-refractivity contribution in [3.63, 3.8) is 0 Å². The third-order valence-electron chi connectivity index (χ3n) is 3.29. The molecule has 0 atom stereocenters. The highest BCUT2D eigenvalue weighted by molar-refractivity contribution is 5.45. The van der Waals surface area contributed by atoms with Gasteiger partial charge in [0.15, 0.2) is 0 Å². The molecule has 1 aliphatic carbocycles. The van der Waals surface area contributed by atoms with Crippen molar-refractivity contribution in [2.75, 3.05) is 7.11 Å². The van der Waals surface area contributed by atoms with E-state index in [1.165, 1.54) is 5.56 Å². The van der Waals surface area contributed by atoms with Crippen molar-refractivity contribution >= 4 is 0 Å². The van der Waals surface area contributed by atoms with Gasteiger partial charge in [0.25, 0.3) is 0 Å². The number of hydrogen-bond donors (Lipinski definition) is 1. The first kappa shape index (κ1) is 11.5. The monoisotopic (exact) mass is 220 g/mol. The van der Waals surface area contributed by atoms with E-state index in [4.69, 9.17) is 4.74 Å². The zero-order chi connectivity index (χ0) is 12.0. The minimum Gasteiger partial charge on any atom is -0.496 e. The molecule has 0 spiro atoms. The zero-order valence-electron chi connectivity index (χ0n) is 10.5.